The van der Waals surface area contributed by atoms with Crippen LogP contribution in [0.1, 0.15) is 31.2 Å². The van der Waals surface area contributed by atoms with Gasteiger partial charge in [0.25, 0.3) is 0 Å². The SMILES string of the molecule is C=CCNCC(=O)N1[C@@H](NC(=O)NCC2=CCCC=C2)CN(CC2=CC=CC(C3=CC=CCC3)N2)C(=O)[C@@H]1Cc1ccc(O)cc1. The second kappa shape index (κ2) is 15.9. The summed E-state index contributed by atoms with van der Waals surface area (Å²) in [6.07, 6.45) is 23.6. The number of phenolic OH excluding ortho intramolecular Hbond substituents is 1. The van der Waals surface area contributed by atoms with E-state index in [1.807, 2.05) is 18.2 Å². The number of piperazine rings is 1. The molecular weight excluding hydrogens is 580 g/mol. The van der Waals surface area contributed by atoms with E-state index < -0.39 is 18.2 Å². The number of carbonyl (C=O) groups is 3. The summed E-state index contributed by atoms with van der Waals surface area (Å²) in [4.78, 5) is 44.5. The molecule has 2 aliphatic carbocycles. The van der Waals surface area contributed by atoms with Crippen molar-refractivity contribution in [1.82, 2.24) is 31.1 Å². The maximum atomic E-state index is 14.3. The van der Waals surface area contributed by atoms with Gasteiger partial charge in [-0.2, -0.15) is 0 Å². The van der Waals surface area contributed by atoms with Crippen molar-refractivity contribution < 1.29 is 19.5 Å². The number of nitrogens with one attached hydrogen (secondary N) is 4. The highest BCUT2D eigenvalue weighted by atomic mass is 16.3. The van der Waals surface area contributed by atoms with Crippen molar-refractivity contribution in [1.29, 1.82) is 0 Å². The van der Waals surface area contributed by atoms with Crippen LogP contribution in [-0.4, -0.2) is 83.7 Å². The summed E-state index contributed by atoms with van der Waals surface area (Å²) in [5.41, 5.74) is 3.97. The van der Waals surface area contributed by atoms with Gasteiger partial charge in [-0.3, -0.25) is 9.59 Å². The molecule has 0 bridgehead atoms. The van der Waals surface area contributed by atoms with E-state index in [2.05, 4.69) is 64.3 Å². The van der Waals surface area contributed by atoms with E-state index in [-0.39, 0.29) is 43.1 Å². The minimum absolute atomic E-state index is 0.0222. The van der Waals surface area contributed by atoms with Crippen LogP contribution in [0.25, 0.3) is 0 Å². The van der Waals surface area contributed by atoms with E-state index in [4.69, 9.17) is 0 Å². The molecule has 0 saturated carbocycles. The molecule has 0 radical (unpaired) electrons. The second-order valence-electron chi connectivity index (χ2n) is 11.8. The molecule has 3 atom stereocenters. The van der Waals surface area contributed by atoms with Gasteiger partial charge in [-0.05, 0) is 60.6 Å². The zero-order valence-electron chi connectivity index (χ0n) is 26.2. The lowest BCUT2D eigenvalue weighted by molar-refractivity contribution is -0.156. The third-order valence-corrected chi connectivity index (χ3v) is 8.45. The van der Waals surface area contributed by atoms with Crippen molar-refractivity contribution >= 4 is 17.8 Å². The Morgan fingerprint density at radius 1 is 1.09 bits per heavy atom. The third-order valence-electron chi connectivity index (χ3n) is 8.45. The van der Waals surface area contributed by atoms with Crippen molar-refractivity contribution in [2.75, 3.05) is 32.7 Å². The quantitative estimate of drug-likeness (QED) is 0.180. The molecule has 1 fully saturated rings. The number of phenols is 1. The zero-order chi connectivity index (χ0) is 32.3. The lowest BCUT2D eigenvalue weighted by atomic mass is 9.95. The normalized spacial score (nSPS) is 22.4. The van der Waals surface area contributed by atoms with E-state index in [0.29, 0.717) is 19.6 Å². The molecule has 2 aliphatic heterocycles. The zero-order valence-corrected chi connectivity index (χ0v) is 26.2. The fourth-order valence-electron chi connectivity index (χ4n) is 6.12. The Hall–Kier alpha value is -4.83. The van der Waals surface area contributed by atoms with E-state index in [1.165, 1.54) is 10.5 Å². The minimum Gasteiger partial charge on any atom is -0.508 e. The summed E-state index contributed by atoms with van der Waals surface area (Å²) in [7, 11) is 0. The lowest BCUT2D eigenvalue weighted by Crippen LogP contribution is -2.70. The predicted octanol–water partition coefficient (Wildman–Crippen LogP) is 3.34. The molecule has 10 heteroatoms. The highest BCUT2D eigenvalue weighted by Crippen LogP contribution is 2.24. The first-order chi connectivity index (χ1) is 22.4. The molecule has 1 saturated heterocycles. The molecule has 1 aromatic carbocycles. The number of allylic oxidation sites excluding steroid dienone is 7. The van der Waals surface area contributed by atoms with Crippen LogP contribution >= 0.6 is 0 Å². The van der Waals surface area contributed by atoms with Crippen molar-refractivity contribution in [3.8, 4) is 5.75 Å². The van der Waals surface area contributed by atoms with Gasteiger partial charge in [0.05, 0.1) is 25.7 Å². The molecule has 4 amide bonds. The average molecular weight is 625 g/mol. The highest BCUT2D eigenvalue weighted by Gasteiger charge is 2.44. The summed E-state index contributed by atoms with van der Waals surface area (Å²) < 4.78 is 0. The van der Waals surface area contributed by atoms with E-state index in [1.54, 1.807) is 35.2 Å². The minimum atomic E-state index is -0.882. The van der Waals surface area contributed by atoms with Gasteiger partial charge in [0.2, 0.25) is 11.8 Å². The van der Waals surface area contributed by atoms with Crippen LogP contribution in [0.2, 0.25) is 0 Å². The largest absolute Gasteiger partial charge is 0.508 e. The summed E-state index contributed by atoms with van der Waals surface area (Å²) >= 11 is 0. The Labute approximate surface area is 271 Å². The van der Waals surface area contributed by atoms with Gasteiger partial charge in [0.15, 0.2) is 0 Å². The number of aromatic hydroxyl groups is 1. The van der Waals surface area contributed by atoms with Crippen LogP contribution in [0.5, 0.6) is 5.75 Å². The third kappa shape index (κ3) is 8.66. The van der Waals surface area contributed by atoms with Crippen molar-refractivity contribution in [3.05, 3.63) is 114 Å². The number of dihydropyridines is 1. The molecule has 46 heavy (non-hydrogen) atoms. The number of amides is 4. The van der Waals surface area contributed by atoms with Crippen molar-refractivity contribution in [2.45, 2.75) is 50.4 Å². The Morgan fingerprint density at radius 3 is 2.67 bits per heavy atom. The van der Waals surface area contributed by atoms with Gasteiger partial charge < -0.3 is 36.2 Å². The number of nitrogens with zero attached hydrogens (tertiary/aromatic N) is 2. The van der Waals surface area contributed by atoms with Gasteiger partial charge >= 0.3 is 6.03 Å². The van der Waals surface area contributed by atoms with Crippen LogP contribution in [0.3, 0.4) is 0 Å². The maximum Gasteiger partial charge on any atom is 0.316 e. The van der Waals surface area contributed by atoms with Gasteiger partial charge in [-0.25, -0.2) is 4.79 Å². The molecule has 5 N–H and O–H groups in total. The van der Waals surface area contributed by atoms with Gasteiger partial charge in [-0.1, -0.05) is 66.8 Å². The molecule has 5 rings (SSSR count). The van der Waals surface area contributed by atoms with Gasteiger partial charge in [0.1, 0.15) is 18.0 Å². The summed E-state index contributed by atoms with van der Waals surface area (Å²) in [5.74, 6) is -0.408. The monoisotopic (exact) mass is 624 g/mol. The highest BCUT2D eigenvalue weighted by molar-refractivity contribution is 5.91. The fourth-order valence-corrected chi connectivity index (χ4v) is 6.12. The first-order valence-corrected chi connectivity index (χ1v) is 16.0. The first-order valence-electron chi connectivity index (χ1n) is 16.0. The number of urea groups is 1. The average Bonchev–Trinajstić information content (AvgIpc) is 3.08. The van der Waals surface area contributed by atoms with Crippen LogP contribution in [0.15, 0.2) is 108 Å². The molecule has 1 unspecified atom stereocenters. The predicted molar refractivity (Wildman–Crippen MR) is 179 cm³/mol. The van der Waals surface area contributed by atoms with Crippen molar-refractivity contribution in [3.63, 3.8) is 0 Å². The van der Waals surface area contributed by atoms with E-state index in [0.717, 1.165) is 42.5 Å². The number of hydrogen-bond donors (Lipinski definition) is 5. The molecule has 0 spiro atoms. The van der Waals surface area contributed by atoms with Crippen LogP contribution < -0.4 is 21.3 Å². The smallest absolute Gasteiger partial charge is 0.316 e. The lowest BCUT2D eigenvalue weighted by Gasteiger charge is -2.46. The van der Waals surface area contributed by atoms with E-state index in [9.17, 15) is 19.5 Å². The summed E-state index contributed by atoms with van der Waals surface area (Å²) in [6.45, 7) is 4.88. The van der Waals surface area contributed by atoms with Crippen molar-refractivity contribution in [2.24, 2.45) is 0 Å². The van der Waals surface area contributed by atoms with Crippen LogP contribution in [0.4, 0.5) is 4.79 Å². The molecule has 1 aromatic rings. The molecule has 242 valence electrons. The molecular formula is C36H44N6O4. The maximum absolute atomic E-state index is 14.3. The Morgan fingerprint density at radius 2 is 1.93 bits per heavy atom. The number of carbonyl (C=O) groups excluding carboxylic acids is 3. The second-order valence-corrected chi connectivity index (χ2v) is 11.8. The van der Waals surface area contributed by atoms with Gasteiger partial charge in [0, 0.05) is 25.2 Å². The standard InChI is InChI=1S/C36H44N6O4/c1-2-20-37-23-34(44)42-32(21-26-16-18-30(43)19-17-26)35(45)41(24-29-14-9-15-31(39-29)28-12-7-4-8-13-28)25-33(42)40-36(46)38-22-27-10-5-3-6-11-27/h2,4-5,7,9-12,14-19,31-33,37,39,43H,1,3,6,8,13,20-25H2,(H2,38,40,46)/t31?,32-,33+/m0/s1. The molecule has 2 heterocycles. The topological polar surface area (TPSA) is 126 Å². The summed E-state index contributed by atoms with van der Waals surface area (Å²) in [5, 5.41) is 22.4. The first kappa shape index (κ1) is 32.6. The van der Waals surface area contributed by atoms with Crippen LogP contribution in [-0.2, 0) is 16.0 Å². The number of benzene rings is 1. The Balaban J connectivity index is 1.39. The molecule has 0 aromatic heterocycles. The summed E-state index contributed by atoms with van der Waals surface area (Å²) in [6, 6.07) is 5.35. The van der Waals surface area contributed by atoms with E-state index >= 15 is 0 Å². The fraction of sp³-hybridized carbons (Fsp3) is 0.361. The van der Waals surface area contributed by atoms with Gasteiger partial charge in [-0.15, -0.1) is 6.58 Å². The Kier molecular flexibility index (Phi) is 11.3. The Bertz CT molecular complexity index is 1470. The van der Waals surface area contributed by atoms with Crippen LogP contribution in [0, 0.1) is 0 Å². The number of rotatable bonds is 12. The molecule has 4 aliphatic rings. The molecule has 10 nitrogen and oxygen atoms in total. The number of hydrogen-bond acceptors (Lipinski definition) is 6.